The number of rotatable bonds is 5. The second kappa shape index (κ2) is 8.14. The van der Waals surface area contributed by atoms with Gasteiger partial charge in [-0.25, -0.2) is 8.42 Å². The monoisotopic (exact) mass is 393 g/mol. The molecule has 6 nitrogen and oxygen atoms in total. The van der Waals surface area contributed by atoms with Gasteiger partial charge in [0.1, 0.15) is 10.3 Å². The van der Waals surface area contributed by atoms with Gasteiger partial charge in [0.15, 0.2) is 0 Å². The van der Waals surface area contributed by atoms with Gasteiger partial charge in [-0.05, 0) is 51.3 Å². The Labute approximate surface area is 153 Å². The van der Waals surface area contributed by atoms with E-state index in [-0.39, 0.29) is 18.3 Å². The minimum Gasteiger partial charge on any atom is -0.353 e. The summed E-state index contributed by atoms with van der Waals surface area (Å²) in [7, 11) is -3.57. The van der Waals surface area contributed by atoms with E-state index in [1.54, 1.807) is 12.1 Å². The first-order valence-corrected chi connectivity index (χ1v) is 10.3. The molecule has 0 saturated carbocycles. The fraction of sp³-hybridized carbons (Fsp3) is 0.667. The SMILES string of the molecule is Cc1ccc(S(=O)(=O)N2CCCC2C(=O)NCC2CCCN2)s1.Cl. The van der Waals surface area contributed by atoms with Crippen LogP contribution in [-0.4, -0.2) is 50.3 Å². The van der Waals surface area contributed by atoms with E-state index in [0.717, 1.165) is 30.7 Å². The maximum absolute atomic E-state index is 12.8. The van der Waals surface area contributed by atoms with Gasteiger partial charge in [-0.3, -0.25) is 4.79 Å². The number of carbonyl (C=O) groups is 1. The van der Waals surface area contributed by atoms with Gasteiger partial charge in [-0.2, -0.15) is 4.31 Å². The first kappa shape index (κ1) is 19.7. The zero-order valence-corrected chi connectivity index (χ0v) is 16.1. The average molecular weight is 394 g/mol. The maximum atomic E-state index is 12.8. The summed E-state index contributed by atoms with van der Waals surface area (Å²) in [6, 6.07) is 3.16. The van der Waals surface area contributed by atoms with Crippen molar-refractivity contribution in [2.75, 3.05) is 19.6 Å². The molecule has 9 heteroatoms. The summed E-state index contributed by atoms with van der Waals surface area (Å²) in [6.07, 6.45) is 3.50. The number of thiophene rings is 1. The molecule has 0 aromatic carbocycles. The lowest BCUT2D eigenvalue weighted by Crippen LogP contribution is -2.48. The van der Waals surface area contributed by atoms with Crippen LogP contribution in [0.4, 0.5) is 0 Å². The molecule has 0 aliphatic carbocycles. The molecular weight excluding hydrogens is 370 g/mol. The summed E-state index contributed by atoms with van der Waals surface area (Å²) in [6.45, 7) is 3.86. The Hall–Kier alpha value is -0.670. The minimum absolute atomic E-state index is 0. The molecule has 136 valence electrons. The van der Waals surface area contributed by atoms with Gasteiger partial charge < -0.3 is 10.6 Å². The number of amides is 1. The van der Waals surface area contributed by atoms with Crippen LogP contribution in [-0.2, 0) is 14.8 Å². The van der Waals surface area contributed by atoms with Crippen LogP contribution in [0.5, 0.6) is 0 Å². The molecule has 1 aromatic rings. The Morgan fingerprint density at radius 3 is 2.79 bits per heavy atom. The third kappa shape index (κ3) is 4.11. The smallest absolute Gasteiger partial charge is 0.253 e. The minimum atomic E-state index is -3.57. The summed E-state index contributed by atoms with van der Waals surface area (Å²) in [5.41, 5.74) is 0. The molecule has 24 heavy (non-hydrogen) atoms. The van der Waals surface area contributed by atoms with Gasteiger partial charge in [0.05, 0.1) is 0 Å². The van der Waals surface area contributed by atoms with E-state index in [1.807, 2.05) is 6.92 Å². The van der Waals surface area contributed by atoms with Crippen LogP contribution >= 0.6 is 23.7 Å². The zero-order chi connectivity index (χ0) is 16.4. The van der Waals surface area contributed by atoms with Crippen molar-refractivity contribution in [3.05, 3.63) is 17.0 Å². The molecule has 2 N–H and O–H groups in total. The van der Waals surface area contributed by atoms with Crippen LogP contribution in [0.2, 0.25) is 0 Å². The van der Waals surface area contributed by atoms with Gasteiger partial charge >= 0.3 is 0 Å². The molecule has 2 aliphatic rings. The maximum Gasteiger partial charge on any atom is 0.253 e. The quantitative estimate of drug-likeness (QED) is 0.794. The van der Waals surface area contributed by atoms with Crippen molar-refractivity contribution in [1.29, 1.82) is 0 Å². The first-order valence-electron chi connectivity index (χ1n) is 8.08. The van der Waals surface area contributed by atoms with Gasteiger partial charge in [-0.1, -0.05) is 0 Å². The summed E-state index contributed by atoms with van der Waals surface area (Å²) in [5, 5.41) is 6.25. The predicted octanol–water partition coefficient (Wildman–Crippen LogP) is 1.50. The van der Waals surface area contributed by atoms with Crippen molar-refractivity contribution in [1.82, 2.24) is 14.9 Å². The fourth-order valence-electron chi connectivity index (χ4n) is 3.23. The molecule has 2 fully saturated rings. The average Bonchev–Trinajstić information content (AvgIpc) is 3.25. The van der Waals surface area contributed by atoms with E-state index in [0.29, 0.717) is 29.8 Å². The van der Waals surface area contributed by atoms with Crippen LogP contribution < -0.4 is 10.6 Å². The van der Waals surface area contributed by atoms with Crippen molar-refractivity contribution >= 4 is 39.7 Å². The third-order valence-corrected chi connectivity index (χ3v) is 7.85. The Morgan fingerprint density at radius 1 is 1.38 bits per heavy atom. The van der Waals surface area contributed by atoms with Crippen molar-refractivity contribution in [3.8, 4) is 0 Å². The lowest BCUT2D eigenvalue weighted by Gasteiger charge is -2.23. The normalized spacial score (nSPS) is 24.7. The van der Waals surface area contributed by atoms with Gasteiger partial charge in [0, 0.05) is 24.0 Å². The lowest BCUT2D eigenvalue weighted by molar-refractivity contribution is -0.124. The molecule has 2 aliphatic heterocycles. The number of sulfonamides is 1. The van der Waals surface area contributed by atoms with Crippen molar-refractivity contribution in [2.24, 2.45) is 0 Å². The molecule has 0 spiro atoms. The van der Waals surface area contributed by atoms with E-state index < -0.39 is 16.1 Å². The fourth-order valence-corrected chi connectivity index (χ4v) is 6.30. The topological polar surface area (TPSA) is 78.5 Å². The van der Waals surface area contributed by atoms with E-state index in [1.165, 1.54) is 15.6 Å². The molecular formula is C15H24ClN3O3S2. The third-order valence-electron chi connectivity index (χ3n) is 4.47. The standard InChI is InChI=1S/C15H23N3O3S2.ClH/c1-11-6-7-14(22-11)23(20,21)18-9-3-5-13(18)15(19)17-10-12-4-2-8-16-12;/h6-7,12-13,16H,2-5,8-10H2,1H3,(H,17,19);1H. The Kier molecular flexibility index (Phi) is 6.66. The molecule has 2 unspecified atom stereocenters. The summed E-state index contributed by atoms with van der Waals surface area (Å²) in [4.78, 5) is 13.4. The summed E-state index contributed by atoms with van der Waals surface area (Å²) >= 11 is 1.26. The van der Waals surface area contributed by atoms with Crippen molar-refractivity contribution in [2.45, 2.75) is 48.9 Å². The predicted molar refractivity (Wildman–Crippen MR) is 97.3 cm³/mol. The molecule has 0 radical (unpaired) electrons. The van der Waals surface area contributed by atoms with Crippen LogP contribution in [0, 0.1) is 6.92 Å². The molecule has 3 rings (SSSR count). The highest BCUT2D eigenvalue weighted by atomic mass is 35.5. The first-order chi connectivity index (χ1) is 11.0. The molecule has 3 heterocycles. The number of hydrogen-bond acceptors (Lipinski definition) is 5. The highest BCUT2D eigenvalue weighted by Crippen LogP contribution is 2.30. The summed E-state index contributed by atoms with van der Waals surface area (Å²) < 4.78 is 27.2. The van der Waals surface area contributed by atoms with Crippen molar-refractivity contribution < 1.29 is 13.2 Å². The number of aryl methyl sites for hydroxylation is 1. The molecule has 1 amide bonds. The van der Waals surface area contributed by atoms with E-state index in [2.05, 4.69) is 10.6 Å². The zero-order valence-electron chi connectivity index (χ0n) is 13.7. The van der Waals surface area contributed by atoms with E-state index in [4.69, 9.17) is 0 Å². The van der Waals surface area contributed by atoms with Crippen molar-refractivity contribution in [3.63, 3.8) is 0 Å². The second-order valence-electron chi connectivity index (χ2n) is 6.18. The van der Waals surface area contributed by atoms with Crippen LogP contribution in [0.1, 0.15) is 30.6 Å². The van der Waals surface area contributed by atoms with E-state index in [9.17, 15) is 13.2 Å². The number of nitrogens with one attached hydrogen (secondary N) is 2. The lowest BCUT2D eigenvalue weighted by atomic mass is 10.2. The van der Waals surface area contributed by atoms with Gasteiger partial charge in [-0.15, -0.1) is 23.7 Å². The highest BCUT2D eigenvalue weighted by molar-refractivity contribution is 7.91. The molecule has 1 aromatic heterocycles. The van der Waals surface area contributed by atoms with Crippen LogP contribution in [0.25, 0.3) is 0 Å². The largest absolute Gasteiger partial charge is 0.353 e. The van der Waals surface area contributed by atoms with Crippen LogP contribution in [0.15, 0.2) is 16.3 Å². The Balaban J connectivity index is 0.00000208. The Morgan fingerprint density at radius 2 is 2.17 bits per heavy atom. The number of nitrogens with zero attached hydrogens (tertiary/aromatic N) is 1. The second-order valence-corrected chi connectivity index (χ2v) is 9.58. The summed E-state index contributed by atoms with van der Waals surface area (Å²) in [5.74, 6) is -0.173. The Bertz CT molecular complexity index is 671. The molecule has 2 atom stereocenters. The van der Waals surface area contributed by atoms with E-state index >= 15 is 0 Å². The molecule has 0 bridgehead atoms. The number of carbonyl (C=O) groups excluding carboxylic acids is 1. The number of hydrogen-bond donors (Lipinski definition) is 2. The number of halogens is 1. The van der Waals surface area contributed by atoms with Gasteiger partial charge in [0.25, 0.3) is 10.0 Å². The highest BCUT2D eigenvalue weighted by Gasteiger charge is 2.40. The molecule has 2 saturated heterocycles. The van der Waals surface area contributed by atoms with Crippen LogP contribution in [0.3, 0.4) is 0 Å². The van der Waals surface area contributed by atoms with Gasteiger partial charge in [0.2, 0.25) is 5.91 Å².